The van der Waals surface area contributed by atoms with E-state index in [-0.39, 0.29) is 11.2 Å². The molecule has 2 aromatic heterocycles. The van der Waals surface area contributed by atoms with Gasteiger partial charge in [-0.1, -0.05) is 0 Å². The Labute approximate surface area is 184 Å². The highest BCUT2D eigenvalue weighted by Crippen LogP contribution is 2.26. The number of aromatic nitrogens is 2. The average molecular weight is 433 g/mol. The van der Waals surface area contributed by atoms with Gasteiger partial charge in [0.2, 0.25) is 0 Å². The van der Waals surface area contributed by atoms with Gasteiger partial charge in [-0.05, 0) is 43.5 Å². The van der Waals surface area contributed by atoms with Crippen molar-refractivity contribution in [3.63, 3.8) is 0 Å². The Morgan fingerprint density at radius 1 is 1.12 bits per heavy atom. The molecule has 0 amide bonds. The first-order chi connectivity index (χ1) is 15.6. The first-order valence-corrected chi connectivity index (χ1v) is 10.8. The molecule has 0 saturated heterocycles. The molecule has 9 heteroatoms. The number of fused-ring (bicyclic) bond motifs is 1. The number of nitrogens with one attached hydrogen (secondary N) is 1. The van der Waals surface area contributed by atoms with E-state index >= 15 is 0 Å². The molecule has 9 nitrogen and oxygen atoms in total. The molecule has 0 fully saturated rings. The number of hydrogen-bond donors (Lipinski definition) is 1. The Balaban J connectivity index is 1.29. The predicted octanol–water partition coefficient (Wildman–Crippen LogP) is 3.47. The summed E-state index contributed by atoms with van der Waals surface area (Å²) < 4.78 is 5.96. The normalized spacial score (nSPS) is 16.4. The Morgan fingerprint density at radius 3 is 2.72 bits per heavy atom. The fraction of sp³-hybridized carbons (Fsp3) is 0.348. The monoisotopic (exact) mass is 433 g/mol. The molecule has 0 unspecified atom stereocenters. The van der Waals surface area contributed by atoms with Crippen LogP contribution in [-0.2, 0) is 19.5 Å². The third-order valence-corrected chi connectivity index (χ3v) is 5.95. The first kappa shape index (κ1) is 20.3. The molecular weight excluding hydrogens is 410 g/mol. The molecule has 2 aliphatic heterocycles. The Kier molecular flexibility index (Phi) is 5.40. The maximum Gasteiger partial charge on any atom is 0.269 e. The number of non-ortho nitro benzene ring substituents is 1. The lowest BCUT2D eigenvalue weighted by molar-refractivity contribution is -0.384. The molecule has 3 aromatic rings. The molecule has 4 heterocycles. The van der Waals surface area contributed by atoms with E-state index < -0.39 is 4.92 Å². The molecule has 5 rings (SSSR count). The average Bonchev–Trinajstić information content (AvgIpc) is 3.28. The van der Waals surface area contributed by atoms with Crippen molar-refractivity contribution in [1.82, 2.24) is 14.9 Å². The number of furan rings is 1. The van der Waals surface area contributed by atoms with Gasteiger partial charge in [0, 0.05) is 43.8 Å². The number of nitrogens with zero attached hydrogens (tertiary/aromatic N) is 4. The van der Waals surface area contributed by atoms with Crippen molar-refractivity contribution in [2.24, 2.45) is 4.99 Å². The summed E-state index contributed by atoms with van der Waals surface area (Å²) in [5.74, 6) is 2.06. The van der Waals surface area contributed by atoms with Gasteiger partial charge in [0.05, 0.1) is 28.4 Å². The summed E-state index contributed by atoms with van der Waals surface area (Å²) in [6.45, 7) is 2.66. The van der Waals surface area contributed by atoms with Gasteiger partial charge in [-0.3, -0.25) is 24.8 Å². The van der Waals surface area contributed by atoms with Crippen molar-refractivity contribution in [2.75, 3.05) is 13.1 Å². The van der Waals surface area contributed by atoms with Crippen LogP contribution in [0.5, 0.6) is 0 Å². The topological polar surface area (TPSA) is 118 Å². The fourth-order valence-electron chi connectivity index (χ4n) is 4.23. The third kappa shape index (κ3) is 4.11. The number of aliphatic imine (C=N–C) groups is 1. The zero-order chi connectivity index (χ0) is 22.1. The molecule has 0 bridgehead atoms. The molecule has 2 aliphatic rings. The number of nitro benzene ring substituents is 1. The van der Waals surface area contributed by atoms with Crippen LogP contribution in [0.1, 0.15) is 42.1 Å². The second kappa shape index (κ2) is 8.51. The summed E-state index contributed by atoms with van der Waals surface area (Å²) in [4.78, 5) is 37.5. The van der Waals surface area contributed by atoms with Gasteiger partial charge in [0.1, 0.15) is 11.5 Å². The van der Waals surface area contributed by atoms with E-state index in [1.807, 2.05) is 12.1 Å². The van der Waals surface area contributed by atoms with Crippen LogP contribution >= 0.6 is 0 Å². The minimum absolute atomic E-state index is 0.0464. The van der Waals surface area contributed by atoms with E-state index in [0.29, 0.717) is 36.7 Å². The quantitative estimate of drug-likeness (QED) is 0.486. The SMILES string of the molecule is O=c1[nH]c(C2=NCCCC2)nc2c1CN(Cc1ccc(-c3ccc([N+](=O)[O-])cc3)o1)CC2. The van der Waals surface area contributed by atoms with Gasteiger partial charge < -0.3 is 9.40 Å². The molecule has 0 atom stereocenters. The summed E-state index contributed by atoms with van der Waals surface area (Å²) in [6, 6.07) is 10.0. The van der Waals surface area contributed by atoms with Crippen molar-refractivity contribution >= 4 is 11.4 Å². The van der Waals surface area contributed by atoms with Crippen LogP contribution in [0.15, 0.2) is 50.6 Å². The second-order valence-corrected chi connectivity index (χ2v) is 8.16. The zero-order valence-corrected chi connectivity index (χ0v) is 17.5. The second-order valence-electron chi connectivity index (χ2n) is 8.16. The van der Waals surface area contributed by atoms with Crippen molar-refractivity contribution < 1.29 is 9.34 Å². The maximum atomic E-state index is 12.7. The van der Waals surface area contributed by atoms with E-state index in [2.05, 4.69) is 14.9 Å². The van der Waals surface area contributed by atoms with Crippen LogP contribution in [0.25, 0.3) is 11.3 Å². The van der Waals surface area contributed by atoms with Gasteiger partial charge in [0.25, 0.3) is 11.2 Å². The van der Waals surface area contributed by atoms with Gasteiger partial charge in [-0.15, -0.1) is 0 Å². The highest BCUT2D eigenvalue weighted by molar-refractivity contribution is 5.97. The number of hydrogen-bond acceptors (Lipinski definition) is 7. The van der Waals surface area contributed by atoms with Crippen molar-refractivity contribution in [2.45, 2.75) is 38.8 Å². The molecule has 164 valence electrons. The lowest BCUT2D eigenvalue weighted by atomic mass is 10.1. The number of benzene rings is 1. The molecule has 1 aromatic carbocycles. The van der Waals surface area contributed by atoms with Crippen molar-refractivity contribution in [1.29, 1.82) is 0 Å². The van der Waals surface area contributed by atoms with Crippen LogP contribution in [0.3, 0.4) is 0 Å². The predicted molar refractivity (Wildman–Crippen MR) is 119 cm³/mol. The standard InChI is InChI=1S/C23H23N5O4/c29-23-18-14-27(12-10-19(18)25-22(26-23)20-3-1-2-11-24-20)13-17-8-9-21(32-17)15-4-6-16(7-5-15)28(30)31/h4-9H,1-3,10-14H2,(H,25,26,29). The molecule has 0 spiro atoms. The zero-order valence-electron chi connectivity index (χ0n) is 17.5. The number of H-pyrrole nitrogens is 1. The largest absolute Gasteiger partial charge is 0.460 e. The van der Waals surface area contributed by atoms with E-state index in [0.717, 1.165) is 55.1 Å². The molecule has 0 saturated carbocycles. The highest BCUT2D eigenvalue weighted by atomic mass is 16.6. The van der Waals surface area contributed by atoms with Crippen LogP contribution in [0.4, 0.5) is 5.69 Å². The third-order valence-electron chi connectivity index (χ3n) is 5.95. The summed E-state index contributed by atoms with van der Waals surface area (Å²) in [6.07, 6.45) is 3.74. The Morgan fingerprint density at radius 2 is 1.97 bits per heavy atom. The first-order valence-electron chi connectivity index (χ1n) is 10.8. The van der Waals surface area contributed by atoms with Crippen LogP contribution < -0.4 is 5.56 Å². The van der Waals surface area contributed by atoms with Gasteiger partial charge in [0.15, 0.2) is 5.82 Å². The molecule has 1 N–H and O–H groups in total. The summed E-state index contributed by atoms with van der Waals surface area (Å²) in [5.41, 5.74) is 3.22. The molecule has 32 heavy (non-hydrogen) atoms. The smallest absolute Gasteiger partial charge is 0.269 e. The van der Waals surface area contributed by atoms with E-state index in [4.69, 9.17) is 9.40 Å². The van der Waals surface area contributed by atoms with Crippen molar-refractivity contribution in [3.8, 4) is 11.3 Å². The molecule has 0 radical (unpaired) electrons. The minimum Gasteiger partial charge on any atom is -0.460 e. The maximum absolute atomic E-state index is 12.7. The van der Waals surface area contributed by atoms with E-state index in [1.165, 1.54) is 12.1 Å². The summed E-state index contributed by atoms with van der Waals surface area (Å²) >= 11 is 0. The van der Waals surface area contributed by atoms with Crippen molar-refractivity contribution in [3.05, 3.63) is 79.7 Å². The summed E-state index contributed by atoms with van der Waals surface area (Å²) in [7, 11) is 0. The van der Waals surface area contributed by atoms with E-state index in [1.54, 1.807) is 12.1 Å². The lowest BCUT2D eigenvalue weighted by Crippen LogP contribution is -2.36. The lowest BCUT2D eigenvalue weighted by Gasteiger charge is -2.27. The highest BCUT2D eigenvalue weighted by Gasteiger charge is 2.23. The van der Waals surface area contributed by atoms with E-state index in [9.17, 15) is 14.9 Å². The van der Waals surface area contributed by atoms with Gasteiger partial charge in [-0.2, -0.15) is 0 Å². The number of nitro groups is 1. The molecule has 0 aliphatic carbocycles. The fourth-order valence-corrected chi connectivity index (χ4v) is 4.23. The minimum atomic E-state index is -0.423. The molecular formula is C23H23N5O4. The number of rotatable bonds is 5. The Bertz CT molecular complexity index is 1240. The Hall–Kier alpha value is -3.59. The van der Waals surface area contributed by atoms with Crippen LogP contribution in [0, 0.1) is 10.1 Å². The van der Waals surface area contributed by atoms with Gasteiger partial charge in [-0.25, -0.2) is 4.98 Å². The van der Waals surface area contributed by atoms with Gasteiger partial charge >= 0.3 is 0 Å². The van der Waals surface area contributed by atoms with Crippen LogP contribution in [0.2, 0.25) is 0 Å². The number of aromatic amines is 1. The summed E-state index contributed by atoms with van der Waals surface area (Å²) in [5, 5.41) is 10.8. The van der Waals surface area contributed by atoms with Crippen LogP contribution in [-0.4, -0.2) is 38.6 Å².